The molecule has 19 heavy (non-hydrogen) atoms. The fraction of sp³-hybridized carbons (Fsp3) is 0.643. The summed E-state index contributed by atoms with van der Waals surface area (Å²) in [5.74, 6) is 6.97. The van der Waals surface area contributed by atoms with E-state index in [2.05, 4.69) is 22.2 Å². The number of nitrogen functional groups attached to an aromatic ring is 1. The van der Waals surface area contributed by atoms with Crippen molar-refractivity contribution in [1.82, 2.24) is 9.88 Å². The average Bonchev–Trinajstić information content (AvgIpc) is 3.27. The Morgan fingerprint density at radius 2 is 2.37 bits per heavy atom. The van der Waals surface area contributed by atoms with Gasteiger partial charge in [-0.05, 0) is 43.4 Å². The van der Waals surface area contributed by atoms with Crippen molar-refractivity contribution in [3.63, 3.8) is 0 Å². The Bertz CT molecular complexity index is 395. The maximum atomic E-state index is 5.40. The minimum atomic E-state index is 0.609. The molecule has 1 aliphatic carbocycles. The Morgan fingerprint density at radius 3 is 3.00 bits per heavy atom. The smallest absolute Gasteiger partial charge is 0.140 e. The number of nitrogens with one attached hydrogen (secondary N) is 1. The third-order valence-corrected chi connectivity index (χ3v) is 3.82. The van der Waals surface area contributed by atoms with Gasteiger partial charge in [0.15, 0.2) is 0 Å². The van der Waals surface area contributed by atoms with E-state index in [1.165, 1.54) is 18.4 Å². The van der Waals surface area contributed by atoms with Gasteiger partial charge in [0, 0.05) is 32.4 Å². The zero-order chi connectivity index (χ0) is 13.7. The summed E-state index contributed by atoms with van der Waals surface area (Å²) < 4.78 is 5.22. The van der Waals surface area contributed by atoms with Gasteiger partial charge in [-0.2, -0.15) is 0 Å². The highest BCUT2D eigenvalue weighted by molar-refractivity contribution is 5.35. The highest BCUT2D eigenvalue weighted by atomic mass is 16.5. The van der Waals surface area contributed by atoms with E-state index in [0.29, 0.717) is 11.9 Å². The van der Waals surface area contributed by atoms with E-state index in [-0.39, 0.29) is 0 Å². The number of nitrogens with two attached hydrogens (primary N) is 1. The van der Waals surface area contributed by atoms with Gasteiger partial charge >= 0.3 is 0 Å². The van der Waals surface area contributed by atoms with Crippen LogP contribution in [0.1, 0.15) is 25.3 Å². The Labute approximate surface area is 115 Å². The SMILES string of the molecule is COCCN(Cc1ccnc(NN)c1)C(C)C1CC1. The van der Waals surface area contributed by atoms with Gasteiger partial charge < -0.3 is 10.2 Å². The third-order valence-electron chi connectivity index (χ3n) is 3.82. The lowest BCUT2D eigenvalue weighted by Crippen LogP contribution is -2.36. The fourth-order valence-corrected chi connectivity index (χ4v) is 2.40. The number of anilines is 1. The Hall–Kier alpha value is -1.17. The number of methoxy groups -OCH3 is 1. The number of aromatic nitrogens is 1. The second kappa shape index (κ2) is 6.84. The zero-order valence-electron chi connectivity index (χ0n) is 11.8. The number of ether oxygens (including phenoxy) is 1. The standard InChI is InChI=1S/C14H24N4O/c1-11(13-3-4-13)18(7-8-19-2)10-12-5-6-16-14(9-12)17-15/h5-6,9,11,13H,3-4,7-8,10,15H2,1-2H3,(H,16,17). The van der Waals surface area contributed by atoms with Gasteiger partial charge in [0.2, 0.25) is 0 Å². The quantitative estimate of drug-likeness (QED) is 0.552. The van der Waals surface area contributed by atoms with Crippen molar-refractivity contribution in [2.45, 2.75) is 32.4 Å². The number of pyridine rings is 1. The molecule has 1 aliphatic rings. The zero-order valence-corrected chi connectivity index (χ0v) is 11.8. The molecule has 5 nitrogen and oxygen atoms in total. The second-order valence-corrected chi connectivity index (χ2v) is 5.23. The number of rotatable bonds is 8. The summed E-state index contributed by atoms with van der Waals surface area (Å²) in [5.41, 5.74) is 3.82. The molecule has 0 spiro atoms. The van der Waals surface area contributed by atoms with Crippen LogP contribution in [0.2, 0.25) is 0 Å². The molecule has 5 heteroatoms. The summed E-state index contributed by atoms with van der Waals surface area (Å²) in [7, 11) is 1.75. The van der Waals surface area contributed by atoms with Crippen LogP contribution < -0.4 is 11.3 Å². The van der Waals surface area contributed by atoms with Crippen LogP contribution in [0.4, 0.5) is 5.82 Å². The van der Waals surface area contributed by atoms with Crippen LogP contribution in [0.15, 0.2) is 18.3 Å². The summed E-state index contributed by atoms with van der Waals surface area (Å²) >= 11 is 0. The van der Waals surface area contributed by atoms with E-state index in [4.69, 9.17) is 10.6 Å². The summed E-state index contributed by atoms with van der Waals surface area (Å²) in [4.78, 5) is 6.62. The second-order valence-electron chi connectivity index (χ2n) is 5.23. The molecule has 1 aromatic rings. The summed E-state index contributed by atoms with van der Waals surface area (Å²) in [6.07, 6.45) is 4.51. The lowest BCUT2D eigenvalue weighted by Gasteiger charge is -2.29. The van der Waals surface area contributed by atoms with Gasteiger partial charge in [-0.3, -0.25) is 4.90 Å². The van der Waals surface area contributed by atoms with Crippen molar-refractivity contribution in [1.29, 1.82) is 0 Å². The number of nitrogens with zero attached hydrogens (tertiary/aromatic N) is 2. The molecule has 0 bridgehead atoms. The predicted molar refractivity (Wildman–Crippen MR) is 76.5 cm³/mol. The van der Waals surface area contributed by atoms with Gasteiger partial charge in [-0.15, -0.1) is 0 Å². The van der Waals surface area contributed by atoms with Gasteiger partial charge in [0.25, 0.3) is 0 Å². The van der Waals surface area contributed by atoms with Crippen molar-refractivity contribution in [3.05, 3.63) is 23.9 Å². The van der Waals surface area contributed by atoms with Crippen LogP contribution in [0.25, 0.3) is 0 Å². The largest absolute Gasteiger partial charge is 0.383 e. The van der Waals surface area contributed by atoms with Gasteiger partial charge in [-0.1, -0.05) is 0 Å². The molecule has 106 valence electrons. The Balaban J connectivity index is 2.00. The van der Waals surface area contributed by atoms with Crippen LogP contribution in [0, 0.1) is 5.92 Å². The van der Waals surface area contributed by atoms with Gasteiger partial charge in [0.1, 0.15) is 5.82 Å². The topological polar surface area (TPSA) is 63.4 Å². The molecule has 0 saturated heterocycles. The minimum Gasteiger partial charge on any atom is -0.383 e. The van der Waals surface area contributed by atoms with E-state index in [1.807, 2.05) is 12.1 Å². The van der Waals surface area contributed by atoms with Crippen molar-refractivity contribution in [2.24, 2.45) is 11.8 Å². The maximum Gasteiger partial charge on any atom is 0.140 e. The van der Waals surface area contributed by atoms with E-state index in [1.54, 1.807) is 13.3 Å². The van der Waals surface area contributed by atoms with Gasteiger partial charge in [-0.25, -0.2) is 10.8 Å². The van der Waals surface area contributed by atoms with Crippen molar-refractivity contribution >= 4 is 5.82 Å². The molecule has 1 fully saturated rings. The first kappa shape index (κ1) is 14.2. The molecule has 0 aromatic carbocycles. The first-order valence-corrected chi connectivity index (χ1v) is 6.89. The monoisotopic (exact) mass is 264 g/mol. The highest BCUT2D eigenvalue weighted by Crippen LogP contribution is 2.35. The molecule has 2 rings (SSSR count). The fourth-order valence-electron chi connectivity index (χ4n) is 2.40. The molecule has 1 atom stereocenters. The number of hydrogen-bond donors (Lipinski definition) is 2. The lowest BCUT2D eigenvalue weighted by molar-refractivity contribution is 0.111. The third kappa shape index (κ3) is 4.16. The van der Waals surface area contributed by atoms with Crippen molar-refractivity contribution in [2.75, 3.05) is 25.7 Å². The van der Waals surface area contributed by atoms with Crippen molar-refractivity contribution in [3.8, 4) is 0 Å². The molecule has 0 radical (unpaired) electrons. The minimum absolute atomic E-state index is 0.609. The molecular formula is C14H24N4O. The number of hydrogen-bond acceptors (Lipinski definition) is 5. The van der Waals surface area contributed by atoms with E-state index >= 15 is 0 Å². The van der Waals surface area contributed by atoms with Crippen LogP contribution in [0.5, 0.6) is 0 Å². The predicted octanol–water partition coefficient (Wildman–Crippen LogP) is 1.61. The number of hydrazine groups is 1. The average molecular weight is 264 g/mol. The van der Waals surface area contributed by atoms with E-state index in [9.17, 15) is 0 Å². The molecule has 0 amide bonds. The van der Waals surface area contributed by atoms with Crippen LogP contribution in [-0.2, 0) is 11.3 Å². The molecule has 1 unspecified atom stereocenters. The van der Waals surface area contributed by atoms with E-state index in [0.717, 1.165) is 25.6 Å². The first-order chi connectivity index (χ1) is 9.24. The molecule has 1 heterocycles. The molecule has 0 aliphatic heterocycles. The molecule has 1 saturated carbocycles. The van der Waals surface area contributed by atoms with Crippen molar-refractivity contribution < 1.29 is 4.74 Å². The maximum absolute atomic E-state index is 5.40. The Kier molecular flexibility index (Phi) is 5.13. The summed E-state index contributed by atoms with van der Waals surface area (Å²) in [6, 6.07) is 4.65. The molecular weight excluding hydrogens is 240 g/mol. The summed E-state index contributed by atoms with van der Waals surface area (Å²) in [5, 5.41) is 0. The molecule has 1 aromatic heterocycles. The van der Waals surface area contributed by atoms with Crippen LogP contribution in [0.3, 0.4) is 0 Å². The first-order valence-electron chi connectivity index (χ1n) is 6.89. The van der Waals surface area contributed by atoms with E-state index < -0.39 is 0 Å². The Morgan fingerprint density at radius 1 is 1.58 bits per heavy atom. The lowest BCUT2D eigenvalue weighted by atomic mass is 10.1. The highest BCUT2D eigenvalue weighted by Gasteiger charge is 2.31. The molecule has 3 N–H and O–H groups in total. The summed E-state index contributed by atoms with van der Waals surface area (Å²) in [6.45, 7) is 4.96. The van der Waals surface area contributed by atoms with Crippen LogP contribution >= 0.6 is 0 Å². The van der Waals surface area contributed by atoms with Gasteiger partial charge in [0.05, 0.1) is 6.61 Å². The van der Waals surface area contributed by atoms with Crippen LogP contribution in [-0.4, -0.2) is 36.2 Å². The normalized spacial score (nSPS) is 16.6.